The number of hydrogen-bond acceptors (Lipinski definition) is 5. The van der Waals surface area contributed by atoms with Crippen molar-refractivity contribution in [2.45, 2.75) is 23.8 Å². The van der Waals surface area contributed by atoms with Crippen LogP contribution in [0.1, 0.15) is 34.8 Å². The van der Waals surface area contributed by atoms with Crippen molar-refractivity contribution < 1.29 is 13.2 Å². The molecule has 2 aromatic heterocycles. The van der Waals surface area contributed by atoms with Crippen LogP contribution in [0.25, 0.3) is 11.0 Å². The number of sulfone groups is 1. The fraction of sp³-hybridized carbons (Fsp3) is 0.222. The summed E-state index contributed by atoms with van der Waals surface area (Å²) in [5.41, 5.74) is 8.22. The molecular formula is C18H18N4O3S. The first-order valence-electron chi connectivity index (χ1n) is 8.31. The monoisotopic (exact) mass is 370 g/mol. The lowest BCUT2D eigenvalue weighted by atomic mass is 10.0. The highest BCUT2D eigenvalue weighted by Crippen LogP contribution is 2.31. The minimum absolute atomic E-state index is 0.0487. The maximum atomic E-state index is 12.7. The van der Waals surface area contributed by atoms with E-state index in [0.29, 0.717) is 29.7 Å². The van der Waals surface area contributed by atoms with Gasteiger partial charge in [0.05, 0.1) is 16.3 Å². The van der Waals surface area contributed by atoms with Crippen molar-refractivity contribution in [3.8, 4) is 0 Å². The van der Waals surface area contributed by atoms with Gasteiger partial charge in [-0.1, -0.05) is 6.07 Å². The molecule has 1 aliphatic heterocycles. The Balaban J connectivity index is 1.71. The molecular weight excluding hydrogens is 352 g/mol. The first-order chi connectivity index (χ1) is 12.5. The Labute approximate surface area is 150 Å². The van der Waals surface area contributed by atoms with Crippen molar-refractivity contribution >= 4 is 32.5 Å². The van der Waals surface area contributed by atoms with Crippen LogP contribution in [-0.4, -0.2) is 30.0 Å². The van der Waals surface area contributed by atoms with E-state index in [9.17, 15) is 13.2 Å². The van der Waals surface area contributed by atoms with Gasteiger partial charge in [0, 0.05) is 29.4 Å². The quantitative estimate of drug-likeness (QED) is 0.640. The molecule has 3 heterocycles. The van der Waals surface area contributed by atoms with Crippen molar-refractivity contribution in [3.63, 3.8) is 0 Å². The van der Waals surface area contributed by atoms with Crippen molar-refractivity contribution in [2.24, 2.45) is 5.73 Å². The third kappa shape index (κ3) is 2.87. The Morgan fingerprint density at radius 2 is 2.12 bits per heavy atom. The number of carbonyl (C=O) groups excluding carboxylic acids is 1. The number of H-pyrrole nitrogens is 1. The highest BCUT2D eigenvalue weighted by Gasteiger charge is 2.27. The van der Waals surface area contributed by atoms with Gasteiger partial charge in [-0.3, -0.25) is 4.79 Å². The Morgan fingerprint density at radius 1 is 1.27 bits per heavy atom. The summed E-state index contributed by atoms with van der Waals surface area (Å²) in [6.45, 7) is 0. The predicted octanol–water partition coefficient (Wildman–Crippen LogP) is 2.38. The van der Waals surface area contributed by atoms with Crippen LogP contribution in [0.15, 0.2) is 47.6 Å². The summed E-state index contributed by atoms with van der Waals surface area (Å²) in [6, 6.07) is 7.88. The predicted molar refractivity (Wildman–Crippen MR) is 98.7 cm³/mol. The van der Waals surface area contributed by atoms with Gasteiger partial charge in [0.25, 0.3) is 5.91 Å². The normalized spacial score (nSPS) is 18.9. The lowest BCUT2D eigenvalue weighted by Crippen LogP contribution is -2.16. The van der Waals surface area contributed by atoms with Gasteiger partial charge in [-0.2, -0.15) is 0 Å². The topological polar surface area (TPSA) is 118 Å². The highest BCUT2D eigenvalue weighted by molar-refractivity contribution is 7.91. The molecule has 8 heteroatoms. The number of amides is 1. The Morgan fingerprint density at radius 3 is 2.96 bits per heavy atom. The first-order valence-corrected chi connectivity index (χ1v) is 9.97. The number of aromatic amines is 1. The van der Waals surface area contributed by atoms with Crippen LogP contribution in [0.2, 0.25) is 0 Å². The zero-order valence-corrected chi connectivity index (χ0v) is 14.7. The summed E-state index contributed by atoms with van der Waals surface area (Å²) in [7, 11) is -3.44. The van der Waals surface area contributed by atoms with Crippen LogP contribution in [0.3, 0.4) is 0 Å². The summed E-state index contributed by atoms with van der Waals surface area (Å²) in [5.74, 6) is -0.331. The van der Waals surface area contributed by atoms with E-state index in [4.69, 9.17) is 5.73 Å². The molecule has 0 unspecified atom stereocenters. The zero-order chi connectivity index (χ0) is 18.3. The lowest BCUT2D eigenvalue weighted by Gasteiger charge is -2.13. The second-order valence-corrected chi connectivity index (χ2v) is 8.45. The second-order valence-electron chi connectivity index (χ2n) is 6.37. The molecule has 0 bridgehead atoms. The van der Waals surface area contributed by atoms with E-state index < -0.39 is 9.84 Å². The van der Waals surface area contributed by atoms with Crippen LogP contribution < -0.4 is 11.1 Å². The maximum Gasteiger partial charge on any atom is 0.255 e. The molecule has 1 aliphatic rings. The van der Waals surface area contributed by atoms with E-state index in [1.807, 2.05) is 6.07 Å². The minimum atomic E-state index is -3.44. The smallest absolute Gasteiger partial charge is 0.255 e. The lowest BCUT2D eigenvalue weighted by molar-refractivity contribution is 0.102. The number of fused-ring (bicyclic) bond motifs is 2. The van der Waals surface area contributed by atoms with E-state index in [2.05, 4.69) is 15.3 Å². The van der Waals surface area contributed by atoms with Gasteiger partial charge in [0.1, 0.15) is 5.65 Å². The van der Waals surface area contributed by atoms with Gasteiger partial charge < -0.3 is 16.0 Å². The number of benzene rings is 1. The van der Waals surface area contributed by atoms with Crippen LogP contribution in [0, 0.1) is 0 Å². The van der Waals surface area contributed by atoms with Gasteiger partial charge in [-0.15, -0.1) is 0 Å². The molecule has 4 rings (SSSR count). The van der Waals surface area contributed by atoms with Crippen LogP contribution in [0.4, 0.5) is 5.69 Å². The second kappa shape index (κ2) is 6.22. The third-order valence-electron chi connectivity index (χ3n) is 4.65. The Bertz CT molecular complexity index is 1100. The van der Waals surface area contributed by atoms with Crippen molar-refractivity contribution in [3.05, 3.63) is 53.9 Å². The fourth-order valence-corrected chi connectivity index (χ4v) is 4.93. The molecule has 0 spiro atoms. The molecule has 4 N–H and O–H groups in total. The van der Waals surface area contributed by atoms with Crippen molar-refractivity contribution in [1.29, 1.82) is 0 Å². The molecule has 0 saturated carbocycles. The van der Waals surface area contributed by atoms with E-state index in [-0.39, 0.29) is 28.2 Å². The standard InChI is InChI=1S/C18H18N4O3S/c19-14-2-1-9-26(24,25)16-10-11(3-4-12(14)16)18(23)22-15-6-8-21-17-13(15)5-7-20-17/h3-8,10,14H,1-2,9,19H2,(H2,20,21,22,23)/t14-/m1/s1. The molecule has 1 amide bonds. The first kappa shape index (κ1) is 16.7. The number of carbonyl (C=O) groups is 1. The van der Waals surface area contributed by atoms with Gasteiger partial charge >= 0.3 is 0 Å². The van der Waals surface area contributed by atoms with Gasteiger partial charge in [-0.25, -0.2) is 13.4 Å². The van der Waals surface area contributed by atoms with Crippen LogP contribution in [-0.2, 0) is 9.84 Å². The average Bonchev–Trinajstić information content (AvgIpc) is 3.06. The summed E-state index contributed by atoms with van der Waals surface area (Å²) in [4.78, 5) is 20.0. The minimum Gasteiger partial charge on any atom is -0.346 e. The number of anilines is 1. The van der Waals surface area contributed by atoms with Crippen molar-refractivity contribution in [1.82, 2.24) is 9.97 Å². The SMILES string of the molecule is N[C@@H]1CCCS(=O)(=O)c2cc(C(=O)Nc3ccnc4[nH]ccc34)ccc21. The number of pyridine rings is 1. The number of nitrogens with one attached hydrogen (secondary N) is 2. The van der Waals surface area contributed by atoms with Crippen LogP contribution in [0.5, 0.6) is 0 Å². The fourth-order valence-electron chi connectivity index (χ4n) is 3.27. The summed E-state index contributed by atoms with van der Waals surface area (Å²) < 4.78 is 25.0. The number of nitrogens with zero attached hydrogens (tertiary/aromatic N) is 1. The number of aromatic nitrogens is 2. The maximum absolute atomic E-state index is 12.7. The number of rotatable bonds is 2. The average molecular weight is 370 g/mol. The van der Waals surface area contributed by atoms with Gasteiger partial charge in [0.2, 0.25) is 0 Å². The third-order valence-corrected chi connectivity index (χ3v) is 6.50. The zero-order valence-electron chi connectivity index (χ0n) is 13.9. The van der Waals surface area contributed by atoms with E-state index in [1.54, 1.807) is 30.6 Å². The van der Waals surface area contributed by atoms with E-state index in [1.165, 1.54) is 6.07 Å². The number of nitrogens with two attached hydrogens (primary N) is 1. The summed E-state index contributed by atoms with van der Waals surface area (Å²) >= 11 is 0. The molecule has 0 saturated heterocycles. The van der Waals surface area contributed by atoms with Crippen molar-refractivity contribution in [2.75, 3.05) is 11.1 Å². The van der Waals surface area contributed by atoms with Gasteiger partial charge in [-0.05, 0) is 42.7 Å². The molecule has 134 valence electrons. The Kier molecular flexibility index (Phi) is 4.01. The molecule has 1 aromatic carbocycles. The largest absolute Gasteiger partial charge is 0.346 e. The highest BCUT2D eigenvalue weighted by atomic mass is 32.2. The summed E-state index contributed by atoms with van der Waals surface area (Å²) in [6.07, 6.45) is 4.46. The van der Waals surface area contributed by atoms with Gasteiger partial charge in [0.15, 0.2) is 9.84 Å². The molecule has 0 radical (unpaired) electrons. The molecule has 3 aromatic rings. The summed E-state index contributed by atoms with van der Waals surface area (Å²) in [5, 5.41) is 3.61. The molecule has 7 nitrogen and oxygen atoms in total. The molecule has 26 heavy (non-hydrogen) atoms. The van der Waals surface area contributed by atoms with Crippen LogP contribution >= 0.6 is 0 Å². The number of hydrogen-bond donors (Lipinski definition) is 3. The molecule has 0 aliphatic carbocycles. The van der Waals surface area contributed by atoms with E-state index >= 15 is 0 Å². The molecule has 0 fully saturated rings. The Hall–Kier alpha value is -2.71. The van der Waals surface area contributed by atoms with E-state index in [0.717, 1.165) is 5.39 Å². The molecule has 1 atom stereocenters.